The Hall–Kier alpha value is -4.07. The molecule has 4 atom stereocenters. The lowest BCUT2D eigenvalue weighted by Crippen LogP contribution is -2.54. The largest absolute Gasteiger partial charge is 0.497 e. The minimum absolute atomic E-state index is 0.124. The van der Waals surface area contributed by atoms with E-state index in [0.717, 1.165) is 22.4 Å². The summed E-state index contributed by atoms with van der Waals surface area (Å²) >= 11 is 1.58. The van der Waals surface area contributed by atoms with Gasteiger partial charge in [-0.3, -0.25) is 9.59 Å². The number of thioether (sulfide) groups is 1. The fourth-order valence-corrected chi connectivity index (χ4v) is 6.37. The molecule has 0 aromatic heterocycles. The zero-order chi connectivity index (χ0) is 39.6. The highest BCUT2D eigenvalue weighted by Gasteiger charge is 2.43. The summed E-state index contributed by atoms with van der Waals surface area (Å²) in [5, 5.41) is 5.15. The molecule has 1 aliphatic rings. The third-order valence-electron chi connectivity index (χ3n) is 7.71. The van der Waals surface area contributed by atoms with E-state index in [2.05, 4.69) is 10.6 Å². The number of methoxy groups -OCH3 is 1. The maximum atomic E-state index is 13.7. The summed E-state index contributed by atoms with van der Waals surface area (Å²) in [5.74, 6) is -0.161. The molecule has 2 unspecified atom stereocenters. The van der Waals surface area contributed by atoms with Crippen molar-refractivity contribution in [2.24, 2.45) is 11.7 Å². The van der Waals surface area contributed by atoms with Gasteiger partial charge < -0.3 is 30.7 Å². The number of halogens is 3. The standard InChI is InChI=1S/C34H47F3N4O5S.C2H6.CO2/c1-21(2)28(17-34(35,36)37)40-30(42)29-16-26(47-20-24-11-13-25(45-6)14-12-24)19-41(29)31(43)27(38)15-22-7-9-23(10-8-22)18-39-32(44)46-33(3,4)5;1-2;2-1-3/h7-14,21,26-29H,15-20,38H2,1-6H3,(H,39,44)(H,40,42);1-2H3;/t26-,27+,28?,29?;;/m1../s1. The van der Waals surface area contributed by atoms with E-state index in [4.69, 9.17) is 24.8 Å². The summed E-state index contributed by atoms with van der Waals surface area (Å²) in [6.45, 7) is 13.1. The minimum atomic E-state index is -4.45. The molecule has 0 saturated carbocycles. The molecular weight excluding hydrogens is 701 g/mol. The van der Waals surface area contributed by atoms with Crippen LogP contribution in [0.1, 0.15) is 78.0 Å². The normalized spacial score (nSPS) is 16.6. The third kappa shape index (κ3) is 17.0. The number of rotatable bonds is 13. The quantitative estimate of drug-likeness (QED) is 0.222. The number of hydrogen-bond donors (Lipinski definition) is 3. The topological polar surface area (TPSA) is 157 Å². The summed E-state index contributed by atoms with van der Waals surface area (Å²) in [4.78, 5) is 56.8. The van der Waals surface area contributed by atoms with Gasteiger partial charge in [-0.25, -0.2) is 4.79 Å². The van der Waals surface area contributed by atoms with Crippen molar-refractivity contribution in [2.75, 3.05) is 13.7 Å². The summed E-state index contributed by atoms with van der Waals surface area (Å²) in [5.41, 5.74) is 8.42. The van der Waals surface area contributed by atoms with Crippen molar-refractivity contribution in [3.8, 4) is 5.75 Å². The van der Waals surface area contributed by atoms with Crippen molar-refractivity contribution in [3.05, 3.63) is 65.2 Å². The Morgan fingerprint density at radius 3 is 2.02 bits per heavy atom. The molecule has 15 heteroatoms. The molecule has 0 aliphatic carbocycles. The molecule has 290 valence electrons. The number of nitrogens with one attached hydrogen (secondary N) is 2. The molecule has 1 saturated heterocycles. The third-order valence-corrected chi connectivity index (χ3v) is 9.02. The minimum Gasteiger partial charge on any atom is -0.497 e. The van der Waals surface area contributed by atoms with E-state index in [1.165, 1.54) is 4.90 Å². The van der Waals surface area contributed by atoms with Gasteiger partial charge in [0.2, 0.25) is 11.8 Å². The molecule has 1 aliphatic heterocycles. The van der Waals surface area contributed by atoms with E-state index in [0.29, 0.717) is 12.2 Å². The summed E-state index contributed by atoms with van der Waals surface area (Å²) < 4.78 is 50.3. The van der Waals surface area contributed by atoms with Crippen molar-refractivity contribution in [3.63, 3.8) is 0 Å². The predicted molar refractivity (Wildman–Crippen MR) is 193 cm³/mol. The lowest BCUT2D eigenvalue weighted by atomic mass is 9.99. The molecule has 1 heterocycles. The van der Waals surface area contributed by atoms with Gasteiger partial charge in [0.25, 0.3) is 0 Å². The number of alkyl carbamates (subject to hydrolysis) is 1. The molecule has 0 spiro atoms. The second-order valence-electron chi connectivity index (χ2n) is 13.3. The van der Waals surface area contributed by atoms with Crippen LogP contribution in [-0.2, 0) is 42.6 Å². The molecule has 2 aromatic carbocycles. The molecular formula is C37H53F3N4O7S. The molecule has 0 bridgehead atoms. The van der Waals surface area contributed by atoms with Crippen LogP contribution in [0.5, 0.6) is 5.75 Å². The van der Waals surface area contributed by atoms with Gasteiger partial charge in [0.1, 0.15) is 17.4 Å². The average molecular weight is 755 g/mol. The SMILES string of the molecule is CC.COc1ccc(CS[C@@H]2CC(C(=O)NC(CC(F)(F)F)C(C)C)N(C(=O)[C@@H](N)Cc3ccc(CNC(=O)OC(C)(C)C)cc3)C2)cc1.O=C=O. The lowest BCUT2D eigenvalue weighted by Gasteiger charge is -2.30. The smallest absolute Gasteiger partial charge is 0.407 e. The van der Waals surface area contributed by atoms with Gasteiger partial charge in [0.05, 0.1) is 19.6 Å². The van der Waals surface area contributed by atoms with Gasteiger partial charge >= 0.3 is 18.4 Å². The van der Waals surface area contributed by atoms with E-state index in [9.17, 15) is 27.6 Å². The maximum Gasteiger partial charge on any atom is 0.407 e. The van der Waals surface area contributed by atoms with Gasteiger partial charge in [-0.2, -0.15) is 34.5 Å². The summed E-state index contributed by atoms with van der Waals surface area (Å²) in [6.07, 6.45) is -5.41. The fraction of sp³-hybridized carbons (Fsp3) is 0.568. The number of carbonyl (C=O) groups is 3. The zero-order valence-electron chi connectivity index (χ0n) is 31.2. The Bertz CT molecular complexity index is 1430. The van der Waals surface area contributed by atoms with E-state index in [-0.39, 0.29) is 30.9 Å². The van der Waals surface area contributed by atoms with Crippen LogP contribution in [0.15, 0.2) is 48.5 Å². The first kappa shape index (κ1) is 46.0. The number of likely N-dealkylation sites (tertiary alicyclic amines) is 1. The van der Waals surface area contributed by atoms with Crippen LogP contribution in [0.4, 0.5) is 18.0 Å². The number of alkyl halides is 3. The number of benzene rings is 2. The second-order valence-corrected chi connectivity index (χ2v) is 14.6. The first-order valence-corrected chi connectivity index (χ1v) is 18.1. The zero-order valence-corrected chi connectivity index (χ0v) is 32.0. The van der Waals surface area contributed by atoms with E-state index < -0.39 is 60.1 Å². The van der Waals surface area contributed by atoms with Crippen LogP contribution in [0.2, 0.25) is 0 Å². The van der Waals surface area contributed by atoms with Crippen molar-refractivity contribution in [1.29, 1.82) is 0 Å². The Morgan fingerprint density at radius 1 is 0.981 bits per heavy atom. The summed E-state index contributed by atoms with van der Waals surface area (Å²) in [7, 11) is 1.59. The van der Waals surface area contributed by atoms with Crippen molar-refractivity contribution < 1.29 is 46.6 Å². The first-order chi connectivity index (χ1) is 24.3. The van der Waals surface area contributed by atoms with E-state index in [1.807, 2.05) is 62.4 Å². The highest BCUT2D eigenvalue weighted by Crippen LogP contribution is 2.32. The Morgan fingerprint density at radius 2 is 1.52 bits per heavy atom. The molecule has 1 fully saturated rings. The number of carbonyl (C=O) groups excluding carboxylic acids is 5. The Kier molecular flexibility index (Phi) is 19.5. The average Bonchev–Trinajstić information content (AvgIpc) is 3.51. The number of hydrogen-bond acceptors (Lipinski definition) is 9. The highest BCUT2D eigenvalue weighted by atomic mass is 32.2. The van der Waals surface area contributed by atoms with Crippen molar-refractivity contribution >= 4 is 35.8 Å². The van der Waals surface area contributed by atoms with E-state index in [1.54, 1.807) is 53.5 Å². The molecule has 3 rings (SSSR count). The molecule has 11 nitrogen and oxygen atoms in total. The fourth-order valence-electron chi connectivity index (χ4n) is 5.16. The predicted octanol–water partition coefficient (Wildman–Crippen LogP) is 6.03. The summed E-state index contributed by atoms with van der Waals surface area (Å²) in [6, 6.07) is 11.8. The first-order valence-electron chi connectivity index (χ1n) is 17.1. The number of nitrogens with two attached hydrogens (primary N) is 1. The van der Waals surface area contributed by atoms with Gasteiger partial charge in [0.15, 0.2) is 0 Å². The van der Waals surface area contributed by atoms with Crippen LogP contribution < -0.4 is 21.1 Å². The van der Waals surface area contributed by atoms with Crippen LogP contribution in [0.3, 0.4) is 0 Å². The van der Waals surface area contributed by atoms with E-state index >= 15 is 0 Å². The van der Waals surface area contributed by atoms with Gasteiger partial charge in [0, 0.05) is 30.1 Å². The van der Waals surface area contributed by atoms with Crippen LogP contribution in [-0.4, -0.2) is 77.8 Å². The molecule has 0 radical (unpaired) electrons. The van der Waals surface area contributed by atoms with Crippen LogP contribution >= 0.6 is 11.8 Å². The Labute approximate surface area is 308 Å². The van der Waals surface area contributed by atoms with Gasteiger partial charge in [-0.05, 0) is 68.4 Å². The number of amides is 3. The Balaban J connectivity index is 0.00000256. The van der Waals surface area contributed by atoms with Crippen molar-refractivity contribution in [1.82, 2.24) is 15.5 Å². The van der Waals surface area contributed by atoms with Gasteiger partial charge in [-0.15, -0.1) is 0 Å². The van der Waals surface area contributed by atoms with Gasteiger partial charge in [-0.1, -0.05) is 64.1 Å². The lowest BCUT2D eigenvalue weighted by molar-refractivity contribution is -0.191. The van der Waals surface area contributed by atoms with Crippen molar-refractivity contribution in [2.45, 2.75) is 115 Å². The highest BCUT2D eigenvalue weighted by molar-refractivity contribution is 7.99. The van der Waals surface area contributed by atoms with Crippen LogP contribution in [0, 0.1) is 5.92 Å². The maximum absolute atomic E-state index is 13.7. The molecule has 4 N–H and O–H groups in total. The number of nitrogens with zero attached hydrogens (tertiary/aromatic N) is 1. The monoisotopic (exact) mass is 754 g/mol. The number of ether oxygens (including phenoxy) is 2. The second kappa shape index (κ2) is 22.1. The molecule has 52 heavy (non-hydrogen) atoms. The molecule has 3 amide bonds. The van der Waals surface area contributed by atoms with Crippen LogP contribution in [0.25, 0.3) is 0 Å². The molecule has 2 aromatic rings.